The highest BCUT2D eigenvalue weighted by Gasteiger charge is 1.99. The molecule has 0 heterocycles. The van der Waals surface area contributed by atoms with Crippen molar-refractivity contribution < 1.29 is 9.53 Å². The molecule has 0 aliphatic rings. The molecular formula is C10H21NO2S. The van der Waals surface area contributed by atoms with Gasteiger partial charge in [-0.25, -0.2) is 0 Å². The van der Waals surface area contributed by atoms with Gasteiger partial charge in [-0.15, -0.1) is 0 Å². The zero-order chi connectivity index (χ0) is 10.8. The van der Waals surface area contributed by atoms with Crippen molar-refractivity contribution in [3.05, 3.63) is 0 Å². The van der Waals surface area contributed by atoms with E-state index in [0.717, 1.165) is 24.6 Å². The minimum atomic E-state index is -0.118. The Hall–Kier alpha value is -0.220. The minimum Gasteiger partial charge on any atom is -0.469 e. The number of esters is 1. The van der Waals surface area contributed by atoms with Gasteiger partial charge in [-0.3, -0.25) is 4.79 Å². The van der Waals surface area contributed by atoms with Crippen LogP contribution in [0.2, 0.25) is 0 Å². The van der Waals surface area contributed by atoms with E-state index >= 15 is 0 Å². The lowest BCUT2D eigenvalue weighted by molar-refractivity contribution is -0.140. The van der Waals surface area contributed by atoms with Gasteiger partial charge in [0.05, 0.1) is 13.5 Å². The van der Waals surface area contributed by atoms with E-state index in [-0.39, 0.29) is 5.97 Å². The van der Waals surface area contributed by atoms with Gasteiger partial charge in [0.1, 0.15) is 0 Å². The zero-order valence-electron chi connectivity index (χ0n) is 9.34. The van der Waals surface area contributed by atoms with Crippen LogP contribution in [0.1, 0.15) is 20.3 Å². The van der Waals surface area contributed by atoms with Crippen LogP contribution in [-0.4, -0.2) is 37.7 Å². The van der Waals surface area contributed by atoms with E-state index in [2.05, 4.69) is 23.9 Å². The average molecular weight is 219 g/mol. The molecule has 14 heavy (non-hydrogen) atoms. The van der Waals surface area contributed by atoms with E-state index in [4.69, 9.17) is 0 Å². The van der Waals surface area contributed by atoms with Crippen LogP contribution in [0.4, 0.5) is 0 Å². The van der Waals surface area contributed by atoms with Gasteiger partial charge in [0, 0.05) is 18.1 Å². The van der Waals surface area contributed by atoms with Crippen molar-refractivity contribution in [3.8, 4) is 0 Å². The summed E-state index contributed by atoms with van der Waals surface area (Å²) in [6.45, 7) is 6.47. The van der Waals surface area contributed by atoms with Gasteiger partial charge in [-0.1, -0.05) is 13.8 Å². The normalized spacial score (nSPS) is 10.6. The van der Waals surface area contributed by atoms with Crippen LogP contribution in [0.3, 0.4) is 0 Å². The maximum Gasteiger partial charge on any atom is 0.306 e. The molecule has 0 fully saturated rings. The van der Waals surface area contributed by atoms with Crippen LogP contribution in [0.5, 0.6) is 0 Å². The fourth-order valence-corrected chi connectivity index (χ4v) is 1.70. The molecule has 0 bridgehead atoms. The summed E-state index contributed by atoms with van der Waals surface area (Å²) in [7, 11) is 1.43. The summed E-state index contributed by atoms with van der Waals surface area (Å²) in [5, 5.41) is 3.35. The molecule has 0 saturated heterocycles. The molecule has 0 spiro atoms. The Kier molecular flexibility index (Phi) is 9.19. The SMILES string of the molecule is COC(=O)CCSCCNCC(C)C. The molecule has 0 radical (unpaired) electrons. The Labute approximate surface area is 91.0 Å². The van der Waals surface area contributed by atoms with Crippen LogP contribution in [0.15, 0.2) is 0 Å². The van der Waals surface area contributed by atoms with Gasteiger partial charge in [0.25, 0.3) is 0 Å². The summed E-state index contributed by atoms with van der Waals surface area (Å²) in [5.41, 5.74) is 0. The van der Waals surface area contributed by atoms with E-state index in [1.54, 1.807) is 11.8 Å². The number of thioether (sulfide) groups is 1. The van der Waals surface area contributed by atoms with Crippen LogP contribution in [0, 0.1) is 5.92 Å². The van der Waals surface area contributed by atoms with E-state index in [1.807, 2.05) is 0 Å². The van der Waals surface area contributed by atoms with Gasteiger partial charge in [-0.05, 0) is 12.5 Å². The third-order valence-corrected chi connectivity index (χ3v) is 2.64. The molecule has 0 unspecified atom stereocenters. The first-order valence-electron chi connectivity index (χ1n) is 5.02. The summed E-state index contributed by atoms with van der Waals surface area (Å²) in [5.74, 6) is 2.50. The Morgan fingerprint density at radius 3 is 2.71 bits per heavy atom. The standard InChI is InChI=1S/C10H21NO2S/c1-9(2)8-11-5-7-14-6-4-10(12)13-3/h9,11H,4-8H2,1-3H3. The summed E-state index contributed by atoms with van der Waals surface area (Å²) in [6.07, 6.45) is 0.519. The molecule has 0 aromatic heterocycles. The second-order valence-corrected chi connectivity index (χ2v) is 4.76. The molecule has 0 saturated carbocycles. The quantitative estimate of drug-likeness (QED) is 0.496. The largest absolute Gasteiger partial charge is 0.469 e. The Morgan fingerprint density at radius 1 is 1.43 bits per heavy atom. The predicted octanol–water partition coefficient (Wildman–Crippen LogP) is 1.53. The van der Waals surface area contributed by atoms with E-state index < -0.39 is 0 Å². The monoisotopic (exact) mass is 219 g/mol. The molecule has 0 amide bonds. The molecule has 3 nitrogen and oxygen atoms in total. The number of carbonyl (C=O) groups excluding carboxylic acids is 1. The molecule has 0 rings (SSSR count). The van der Waals surface area contributed by atoms with Crippen LogP contribution in [0.25, 0.3) is 0 Å². The third-order valence-electron chi connectivity index (χ3n) is 1.65. The lowest BCUT2D eigenvalue weighted by Crippen LogP contribution is -2.22. The number of nitrogens with one attached hydrogen (secondary N) is 1. The number of carbonyl (C=O) groups is 1. The maximum atomic E-state index is 10.7. The van der Waals surface area contributed by atoms with Crippen molar-refractivity contribution in [1.29, 1.82) is 0 Å². The first-order chi connectivity index (χ1) is 6.66. The summed E-state index contributed by atoms with van der Waals surface area (Å²) in [6, 6.07) is 0. The molecule has 0 aromatic carbocycles. The molecule has 84 valence electrons. The first-order valence-corrected chi connectivity index (χ1v) is 6.17. The second-order valence-electron chi connectivity index (χ2n) is 3.54. The van der Waals surface area contributed by atoms with E-state index in [9.17, 15) is 4.79 Å². The third kappa shape index (κ3) is 9.86. The minimum absolute atomic E-state index is 0.118. The van der Waals surface area contributed by atoms with Crippen molar-refractivity contribution in [1.82, 2.24) is 5.32 Å². The fourth-order valence-electron chi connectivity index (χ4n) is 0.895. The summed E-state index contributed by atoms with van der Waals surface area (Å²) < 4.78 is 4.54. The average Bonchev–Trinajstić information content (AvgIpc) is 2.15. The number of hydrogen-bond donors (Lipinski definition) is 1. The smallest absolute Gasteiger partial charge is 0.306 e. The molecule has 4 heteroatoms. The van der Waals surface area contributed by atoms with Crippen molar-refractivity contribution in [2.24, 2.45) is 5.92 Å². The molecular weight excluding hydrogens is 198 g/mol. The number of ether oxygens (including phenoxy) is 1. The summed E-state index contributed by atoms with van der Waals surface area (Å²) in [4.78, 5) is 10.7. The topological polar surface area (TPSA) is 38.3 Å². The van der Waals surface area contributed by atoms with Crippen LogP contribution in [-0.2, 0) is 9.53 Å². The number of hydrogen-bond acceptors (Lipinski definition) is 4. The number of methoxy groups -OCH3 is 1. The van der Waals surface area contributed by atoms with Crippen LogP contribution >= 0.6 is 11.8 Å². The lowest BCUT2D eigenvalue weighted by atomic mass is 10.2. The highest BCUT2D eigenvalue weighted by atomic mass is 32.2. The van der Waals surface area contributed by atoms with Gasteiger partial charge in [0.2, 0.25) is 0 Å². The highest BCUT2D eigenvalue weighted by molar-refractivity contribution is 7.99. The van der Waals surface area contributed by atoms with Gasteiger partial charge in [-0.2, -0.15) is 11.8 Å². The molecule has 0 atom stereocenters. The van der Waals surface area contributed by atoms with Crippen molar-refractivity contribution in [2.45, 2.75) is 20.3 Å². The van der Waals surface area contributed by atoms with Gasteiger partial charge >= 0.3 is 5.97 Å². The second kappa shape index (κ2) is 9.34. The molecule has 0 aliphatic carbocycles. The zero-order valence-corrected chi connectivity index (χ0v) is 10.2. The van der Waals surface area contributed by atoms with Crippen molar-refractivity contribution in [2.75, 3.05) is 31.7 Å². The van der Waals surface area contributed by atoms with Gasteiger partial charge < -0.3 is 10.1 Å². The van der Waals surface area contributed by atoms with Crippen molar-refractivity contribution >= 4 is 17.7 Å². The summed E-state index contributed by atoms with van der Waals surface area (Å²) >= 11 is 1.79. The first kappa shape index (κ1) is 13.8. The molecule has 0 aliphatic heterocycles. The van der Waals surface area contributed by atoms with E-state index in [0.29, 0.717) is 12.3 Å². The van der Waals surface area contributed by atoms with Gasteiger partial charge in [0.15, 0.2) is 0 Å². The number of rotatable bonds is 8. The Bertz CT molecular complexity index is 151. The molecule has 0 aromatic rings. The Morgan fingerprint density at radius 2 is 2.14 bits per heavy atom. The fraction of sp³-hybridized carbons (Fsp3) is 0.900. The maximum absolute atomic E-state index is 10.7. The van der Waals surface area contributed by atoms with Crippen LogP contribution < -0.4 is 5.32 Å². The predicted molar refractivity (Wildman–Crippen MR) is 61.7 cm³/mol. The highest BCUT2D eigenvalue weighted by Crippen LogP contribution is 2.01. The molecule has 1 N–H and O–H groups in total. The Balaban J connectivity index is 3.03. The lowest BCUT2D eigenvalue weighted by Gasteiger charge is -2.06. The van der Waals surface area contributed by atoms with Crippen molar-refractivity contribution in [3.63, 3.8) is 0 Å². The van der Waals surface area contributed by atoms with E-state index in [1.165, 1.54) is 7.11 Å².